The Kier molecular flexibility index (Phi) is 7.80. The number of hydrogen-bond acceptors (Lipinski definition) is 4. The second-order valence-electron chi connectivity index (χ2n) is 6.82. The molecule has 0 aliphatic rings. The van der Waals surface area contributed by atoms with Gasteiger partial charge in [-0.05, 0) is 56.6 Å². The molecule has 27 heavy (non-hydrogen) atoms. The first-order valence-electron chi connectivity index (χ1n) is 9.29. The molecular formula is C22H28INO2S. The van der Waals surface area contributed by atoms with E-state index >= 15 is 0 Å². The van der Waals surface area contributed by atoms with Crippen molar-refractivity contribution >= 4 is 55.5 Å². The molecule has 146 valence electrons. The van der Waals surface area contributed by atoms with Crippen LogP contribution in [0.2, 0.25) is 0 Å². The molecule has 1 atom stereocenters. The standard InChI is InChI=1S/C22H27NO2S.HI/c1-5-22(6-2,23-4)15(3)25-14-16-11-12-20-18(13-16)21(24)17-9-7-8-10-19(17)26-20;/h7-13,15,23H,5-6,14H2,1-4H3;1H. The normalized spacial score (nSPS) is 12.9. The summed E-state index contributed by atoms with van der Waals surface area (Å²) < 4.78 is 8.24. The van der Waals surface area contributed by atoms with Crippen LogP contribution in [0.25, 0.3) is 20.2 Å². The van der Waals surface area contributed by atoms with Gasteiger partial charge in [0.25, 0.3) is 0 Å². The highest BCUT2D eigenvalue weighted by atomic mass is 127. The first-order chi connectivity index (χ1) is 12.5. The van der Waals surface area contributed by atoms with Crippen molar-refractivity contribution in [2.75, 3.05) is 7.05 Å². The quantitative estimate of drug-likeness (QED) is 0.336. The molecule has 3 rings (SSSR count). The average Bonchev–Trinajstić information content (AvgIpc) is 2.68. The summed E-state index contributed by atoms with van der Waals surface area (Å²) in [5, 5.41) is 5.02. The summed E-state index contributed by atoms with van der Waals surface area (Å²) in [6.45, 7) is 7.01. The van der Waals surface area contributed by atoms with Crippen LogP contribution in [0.5, 0.6) is 0 Å². The molecule has 0 spiro atoms. The van der Waals surface area contributed by atoms with Crippen LogP contribution < -0.4 is 10.7 Å². The molecule has 0 saturated heterocycles. The van der Waals surface area contributed by atoms with Crippen LogP contribution in [0.4, 0.5) is 0 Å². The summed E-state index contributed by atoms with van der Waals surface area (Å²) in [6, 6.07) is 13.9. The predicted octanol–water partition coefficient (Wildman–Crippen LogP) is 5.72. The monoisotopic (exact) mass is 497 g/mol. The maximum absolute atomic E-state index is 12.8. The van der Waals surface area contributed by atoms with Gasteiger partial charge in [-0.25, -0.2) is 0 Å². The Morgan fingerprint density at radius 1 is 1.07 bits per heavy atom. The lowest BCUT2D eigenvalue weighted by Gasteiger charge is -2.37. The number of benzene rings is 2. The fourth-order valence-electron chi connectivity index (χ4n) is 3.70. The summed E-state index contributed by atoms with van der Waals surface area (Å²) in [6.07, 6.45) is 2.11. The predicted molar refractivity (Wildman–Crippen MR) is 128 cm³/mol. The summed E-state index contributed by atoms with van der Waals surface area (Å²) in [7, 11) is 2.00. The lowest BCUT2D eigenvalue weighted by molar-refractivity contribution is -0.0153. The van der Waals surface area contributed by atoms with Gasteiger partial charge in [-0.15, -0.1) is 35.3 Å². The third-order valence-electron chi connectivity index (χ3n) is 5.68. The van der Waals surface area contributed by atoms with Gasteiger partial charge in [-0.3, -0.25) is 4.79 Å². The van der Waals surface area contributed by atoms with Crippen LogP contribution in [-0.4, -0.2) is 18.7 Å². The minimum atomic E-state index is -0.0151. The summed E-state index contributed by atoms with van der Waals surface area (Å²) in [4.78, 5) is 12.8. The number of likely N-dealkylation sites (N-methyl/N-ethyl adjacent to an activating group) is 1. The van der Waals surface area contributed by atoms with Gasteiger partial charge >= 0.3 is 0 Å². The Morgan fingerprint density at radius 3 is 2.41 bits per heavy atom. The smallest absolute Gasteiger partial charge is 0.195 e. The molecule has 0 amide bonds. The Hall–Kier alpha value is -1.02. The zero-order valence-corrected chi connectivity index (χ0v) is 19.5. The molecule has 0 aliphatic carbocycles. The van der Waals surface area contributed by atoms with Crippen molar-refractivity contribution in [3.05, 3.63) is 58.3 Å². The summed E-state index contributed by atoms with van der Waals surface area (Å²) >= 11 is 1.66. The van der Waals surface area contributed by atoms with E-state index < -0.39 is 0 Å². The fourth-order valence-corrected chi connectivity index (χ4v) is 4.75. The molecule has 1 heterocycles. The van der Waals surface area contributed by atoms with Gasteiger partial charge in [-0.2, -0.15) is 0 Å². The largest absolute Gasteiger partial charge is 0.372 e. The Bertz CT molecular complexity index is 957. The molecule has 0 fully saturated rings. The van der Waals surface area contributed by atoms with Crippen molar-refractivity contribution in [1.29, 1.82) is 0 Å². The van der Waals surface area contributed by atoms with Gasteiger partial charge in [0, 0.05) is 25.7 Å². The highest BCUT2D eigenvalue weighted by Crippen LogP contribution is 2.26. The van der Waals surface area contributed by atoms with Gasteiger partial charge < -0.3 is 10.1 Å². The van der Waals surface area contributed by atoms with Crippen molar-refractivity contribution in [2.24, 2.45) is 0 Å². The van der Waals surface area contributed by atoms with E-state index in [9.17, 15) is 4.79 Å². The number of nitrogens with one attached hydrogen (secondary N) is 1. The molecule has 1 N–H and O–H groups in total. The van der Waals surface area contributed by atoms with E-state index in [0.717, 1.165) is 38.6 Å². The second-order valence-corrected chi connectivity index (χ2v) is 7.91. The Balaban J connectivity index is 0.00000261. The third-order valence-corrected chi connectivity index (χ3v) is 6.83. The van der Waals surface area contributed by atoms with E-state index in [0.29, 0.717) is 6.61 Å². The number of rotatable bonds is 7. The van der Waals surface area contributed by atoms with Crippen LogP contribution >= 0.6 is 35.3 Å². The van der Waals surface area contributed by atoms with E-state index in [2.05, 4.69) is 32.2 Å². The maximum atomic E-state index is 12.8. The van der Waals surface area contributed by atoms with E-state index in [1.54, 1.807) is 11.3 Å². The molecule has 1 unspecified atom stereocenters. The first-order valence-corrected chi connectivity index (χ1v) is 10.1. The number of halogens is 1. The Morgan fingerprint density at radius 2 is 1.74 bits per heavy atom. The van der Waals surface area contributed by atoms with Gasteiger partial charge in [0.1, 0.15) is 0 Å². The first kappa shape index (κ1) is 22.3. The molecule has 0 radical (unpaired) electrons. The Labute approximate surface area is 182 Å². The molecular weight excluding hydrogens is 469 g/mol. The maximum Gasteiger partial charge on any atom is 0.195 e. The molecule has 3 aromatic rings. The van der Waals surface area contributed by atoms with Crippen LogP contribution in [0, 0.1) is 0 Å². The third kappa shape index (κ3) is 4.36. The van der Waals surface area contributed by atoms with Crippen LogP contribution in [-0.2, 0) is 11.3 Å². The number of fused-ring (bicyclic) bond motifs is 2. The number of hydrogen-bond donors (Lipinski definition) is 1. The minimum Gasteiger partial charge on any atom is -0.372 e. The topological polar surface area (TPSA) is 38.3 Å². The molecule has 1 aromatic heterocycles. The molecule has 3 nitrogen and oxygen atoms in total. The molecule has 0 aliphatic heterocycles. The molecule has 2 aromatic carbocycles. The van der Waals surface area contributed by atoms with E-state index in [4.69, 9.17) is 4.74 Å². The zero-order valence-electron chi connectivity index (χ0n) is 16.4. The molecule has 0 bridgehead atoms. The highest BCUT2D eigenvalue weighted by molar-refractivity contribution is 14.0. The van der Waals surface area contributed by atoms with Gasteiger partial charge in [0.05, 0.1) is 12.7 Å². The minimum absolute atomic E-state index is 0. The summed E-state index contributed by atoms with van der Waals surface area (Å²) in [5.41, 5.74) is 1.14. The lowest BCUT2D eigenvalue weighted by Crippen LogP contribution is -2.51. The van der Waals surface area contributed by atoms with Gasteiger partial charge in [0.2, 0.25) is 0 Å². The average molecular weight is 497 g/mol. The molecule has 0 saturated carbocycles. The SMILES string of the molecule is CCC(CC)(NC)C(C)OCc1ccc2sc3ccccc3c(=O)c2c1.I. The van der Waals surface area contributed by atoms with Gasteiger partial charge in [0.15, 0.2) is 5.43 Å². The van der Waals surface area contributed by atoms with Crippen molar-refractivity contribution in [1.82, 2.24) is 5.32 Å². The van der Waals surface area contributed by atoms with E-state index in [1.807, 2.05) is 43.4 Å². The number of ether oxygens (including phenoxy) is 1. The van der Waals surface area contributed by atoms with Crippen LogP contribution in [0.1, 0.15) is 39.2 Å². The second kappa shape index (κ2) is 9.45. The fraction of sp³-hybridized carbons (Fsp3) is 0.409. The van der Waals surface area contributed by atoms with Gasteiger partial charge in [-0.1, -0.05) is 32.0 Å². The van der Waals surface area contributed by atoms with E-state index in [-0.39, 0.29) is 41.0 Å². The van der Waals surface area contributed by atoms with E-state index in [1.165, 1.54) is 0 Å². The van der Waals surface area contributed by atoms with Crippen molar-refractivity contribution in [2.45, 2.75) is 51.9 Å². The van der Waals surface area contributed by atoms with Crippen molar-refractivity contribution in [3.8, 4) is 0 Å². The van der Waals surface area contributed by atoms with Crippen LogP contribution in [0.3, 0.4) is 0 Å². The van der Waals surface area contributed by atoms with Crippen molar-refractivity contribution < 1.29 is 4.74 Å². The summed E-state index contributed by atoms with van der Waals surface area (Å²) in [5.74, 6) is 0. The van der Waals surface area contributed by atoms with Crippen LogP contribution in [0.15, 0.2) is 47.3 Å². The highest BCUT2D eigenvalue weighted by Gasteiger charge is 2.31. The zero-order chi connectivity index (χ0) is 18.7. The molecule has 5 heteroatoms. The lowest BCUT2D eigenvalue weighted by atomic mass is 9.87. The van der Waals surface area contributed by atoms with Crippen molar-refractivity contribution in [3.63, 3.8) is 0 Å².